The third-order valence-corrected chi connectivity index (χ3v) is 2.29. The first-order chi connectivity index (χ1) is 6.83. The first-order valence-corrected chi connectivity index (χ1v) is 4.54. The summed E-state index contributed by atoms with van der Waals surface area (Å²) in [5.74, 6) is 0. The van der Waals surface area contributed by atoms with E-state index in [1.807, 2.05) is 30.3 Å². The molecule has 0 unspecified atom stereocenters. The number of para-hydroxylation sites is 1. The van der Waals surface area contributed by atoms with Gasteiger partial charge in [0.15, 0.2) is 0 Å². The van der Waals surface area contributed by atoms with Gasteiger partial charge in [0.2, 0.25) is 4.77 Å². The maximum Gasteiger partial charge on any atom is 0.204 e. The van der Waals surface area contributed by atoms with Crippen molar-refractivity contribution in [3.8, 4) is 5.69 Å². The first kappa shape index (κ1) is 9.11. The molecule has 0 aliphatic heterocycles. The minimum Gasteiger partial charge on any atom is -0.376 e. The Morgan fingerprint density at radius 1 is 1.29 bits per heavy atom. The lowest BCUT2D eigenvalue weighted by molar-refractivity contribution is 0.208. The Labute approximate surface area is 86.0 Å². The number of hydrogen-bond donors (Lipinski definition) is 1. The van der Waals surface area contributed by atoms with Crippen molar-refractivity contribution in [1.29, 1.82) is 0 Å². The van der Waals surface area contributed by atoms with Gasteiger partial charge in [-0.3, -0.25) is 4.57 Å². The van der Waals surface area contributed by atoms with E-state index in [1.54, 1.807) is 4.68 Å². The quantitative estimate of drug-likeness (QED) is 0.756. The summed E-state index contributed by atoms with van der Waals surface area (Å²) in [6, 6.07) is 9.56. The third-order valence-electron chi connectivity index (χ3n) is 1.89. The van der Waals surface area contributed by atoms with E-state index >= 15 is 0 Å². The largest absolute Gasteiger partial charge is 0.376 e. The maximum absolute atomic E-state index is 8.92. The van der Waals surface area contributed by atoms with Crippen LogP contribution in [0.1, 0.15) is 0 Å². The molecule has 1 aromatic heterocycles. The van der Waals surface area contributed by atoms with Crippen LogP contribution in [0.25, 0.3) is 5.69 Å². The van der Waals surface area contributed by atoms with Gasteiger partial charge in [0, 0.05) is 0 Å². The molecule has 14 heavy (non-hydrogen) atoms. The van der Waals surface area contributed by atoms with Crippen LogP contribution in [0, 0.1) is 4.77 Å². The Balaban J connectivity index is 2.53. The van der Waals surface area contributed by atoms with Gasteiger partial charge in [-0.2, -0.15) is 5.10 Å². The van der Waals surface area contributed by atoms with Crippen LogP contribution >= 0.6 is 12.2 Å². The number of aromatic nitrogens is 3. The van der Waals surface area contributed by atoms with E-state index in [-0.39, 0.29) is 6.73 Å². The SMILES string of the molecule is OCn1cnn(-c2ccccc2)c1=S. The van der Waals surface area contributed by atoms with Crippen LogP contribution in [0.5, 0.6) is 0 Å². The highest BCUT2D eigenvalue weighted by Crippen LogP contribution is 2.06. The van der Waals surface area contributed by atoms with E-state index in [9.17, 15) is 0 Å². The fraction of sp³-hybridized carbons (Fsp3) is 0.111. The summed E-state index contributed by atoms with van der Waals surface area (Å²) >= 11 is 5.11. The second kappa shape index (κ2) is 3.73. The van der Waals surface area contributed by atoms with Gasteiger partial charge in [-0.15, -0.1) is 0 Å². The van der Waals surface area contributed by atoms with Crippen molar-refractivity contribution in [1.82, 2.24) is 14.3 Å². The minimum atomic E-state index is -0.147. The molecule has 4 nitrogen and oxygen atoms in total. The zero-order valence-electron chi connectivity index (χ0n) is 7.37. The predicted molar refractivity (Wildman–Crippen MR) is 54.6 cm³/mol. The Morgan fingerprint density at radius 3 is 2.57 bits per heavy atom. The molecular weight excluding hydrogens is 198 g/mol. The summed E-state index contributed by atoms with van der Waals surface area (Å²) in [6.45, 7) is -0.147. The van der Waals surface area contributed by atoms with Gasteiger partial charge in [0.1, 0.15) is 13.1 Å². The third kappa shape index (κ3) is 1.47. The Kier molecular flexibility index (Phi) is 2.43. The highest BCUT2D eigenvalue weighted by molar-refractivity contribution is 7.71. The second-order valence-corrected chi connectivity index (χ2v) is 3.14. The van der Waals surface area contributed by atoms with Crippen molar-refractivity contribution < 1.29 is 5.11 Å². The summed E-state index contributed by atoms with van der Waals surface area (Å²) in [7, 11) is 0. The van der Waals surface area contributed by atoms with Crippen molar-refractivity contribution in [2.75, 3.05) is 0 Å². The Morgan fingerprint density at radius 2 is 2.00 bits per heavy atom. The van der Waals surface area contributed by atoms with Crippen LogP contribution in [-0.2, 0) is 6.73 Å². The summed E-state index contributed by atoms with van der Waals surface area (Å²) < 4.78 is 3.58. The summed E-state index contributed by atoms with van der Waals surface area (Å²) in [5.41, 5.74) is 0.893. The molecule has 0 amide bonds. The molecule has 72 valence electrons. The normalized spacial score (nSPS) is 10.4. The number of nitrogens with zero attached hydrogens (tertiary/aromatic N) is 3. The first-order valence-electron chi connectivity index (χ1n) is 4.13. The number of rotatable bonds is 2. The molecule has 0 atom stereocenters. The van der Waals surface area contributed by atoms with Crippen molar-refractivity contribution in [2.45, 2.75) is 6.73 Å². The minimum absolute atomic E-state index is 0.147. The average Bonchev–Trinajstić information content (AvgIpc) is 2.61. The van der Waals surface area contributed by atoms with Crippen LogP contribution < -0.4 is 0 Å². The molecule has 1 aromatic carbocycles. The van der Waals surface area contributed by atoms with E-state index in [0.717, 1.165) is 5.69 Å². The summed E-state index contributed by atoms with van der Waals surface area (Å²) in [6.07, 6.45) is 1.51. The topological polar surface area (TPSA) is 43.0 Å². The standard InChI is InChI=1S/C9H9N3OS/c13-7-11-6-10-12(9(11)14)8-4-2-1-3-5-8/h1-6,13H,7H2. The number of aliphatic hydroxyl groups is 1. The molecule has 0 fully saturated rings. The van der Waals surface area contributed by atoms with E-state index < -0.39 is 0 Å². The molecule has 2 rings (SSSR count). The molecule has 0 aliphatic carbocycles. The molecule has 0 saturated heterocycles. The van der Waals surface area contributed by atoms with Gasteiger partial charge in [0.05, 0.1) is 5.69 Å². The molecule has 0 aliphatic rings. The number of hydrogen-bond acceptors (Lipinski definition) is 3. The predicted octanol–water partition coefficient (Wildman–Crippen LogP) is 1.35. The highest BCUT2D eigenvalue weighted by atomic mass is 32.1. The Hall–Kier alpha value is -1.46. The van der Waals surface area contributed by atoms with Gasteiger partial charge >= 0.3 is 0 Å². The number of aliphatic hydroxyl groups excluding tert-OH is 1. The molecule has 0 radical (unpaired) electrons. The Bertz CT molecular complexity index is 474. The van der Waals surface area contributed by atoms with Gasteiger partial charge < -0.3 is 5.11 Å². The highest BCUT2D eigenvalue weighted by Gasteiger charge is 2.01. The fourth-order valence-electron chi connectivity index (χ4n) is 1.18. The van der Waals surface area contributed by atoms with Crippen LogP contribution in [0.4, 0.5) is 0 Å². The lowest BCUT2D eigenvalue weighted by Gasteiger charge is -1.99. The van der Waals surface area contributed by atoms with Crippen LogP contribution in [-0.4, -0.2) is 19.5 Å². The lowest BCUT2D eigenvalue weighted by atomic mass is 10.3. The zero-order valence-corrected chi connectivity index (χ0v) is 8.18. The van der Waals surface area contributed by atoms with E-state index in [1.165, 1.54) is 10.9 Å². The number of benzene rings is 1. The zero-order chi connectivity index (χ0) is 9.97. The van der Waals surface area contributed by atoms with E-state index in [4.69, 9.17) is 17.3 Å². The molecular formula is C9H9N3OS. The molecule has 0 saturated carbocycles. The van der Waals surface area contributed by atoms with Crippen molar-refractivity contribution in [3.05, 3.63) is 41.4 Å². The maximum atomic E-state index is 8.92. The molecule has 1 heterocycles. The van der Waals surface area contributed by atoms with E-state index in [2.05, 4.69) is 5.10 Å². The van der Waals surface area contributed by atoms with Crippen LogP contribution in [0.2, 0.25) is 0 Å². The average molecular weight is 207 g/mol. The van der Waals surface area contributed by atoms with Gasteiger partial charge in [-0.05, 0) is 24.4 Å². The van der Waals surface area contributed by atoms with Crippen molar-refractivity contribution in [2.24, 2.45) is 0 Å². The monoisotopic (exact) mass is 207 g/mol. The van der Waals surface area contributed by atoms with Gasteiger partial charge in [0.25, 0.3) is 0 Å². The molecule has 0 bridgehead atoms. The van der Waals surface area contributed by atoms with Gasteiger partial charge in [-0.25, -0.2) is 4.68 Å². The fourth-order valence-corrected chi connectivity index (χ4v) is 1.44. The molecule has 0 spiro atoms. The van der Waals surface area contributed by atoms with Crippen molar-refractivity contribution >= 4 is 12.2 Å². The molecule has 2 aromatic rings. The second-order valence-electron chi connectivity index (χ2n) is 2.77. The smallest absolute Gasteiger partial charge is 0.204 e. The van der Waals surface area contributed by atoms with Crippen LogP contribution in [0.3, 0.4) is 0 Å². The summed E-state index contributed by atoms with van der Waals surface area (Å²) in [5, 5.41) is 13.0. The van der Waals surface area contributed by atoms with Crippen LogP contribution in [0.15, 0.2) is 36.7 Å². The lowest BCUT2D eigenvalue weighted by Crippen LogP contribution is -1.99. The van der Waals surface area contributed by atoms with Crippen molar-refractivity contribution in [3.63, 3.8) is 0 Å². The molecule has 5 heteroatoms. The summed E-state index contributed by atoms with van der Waals surface area (Å²) in [4.78, 5) is 0. The van der Waals surface area contributed by atoms with Gasteiger partial charge in [-0.1, -0.05) is 18.2 Å². The molecule has 1 N–H and O–H groups in total. The van der Waals surface area contributed by atoms with E-state index in [0.29, 0.717) is 4.77 Å².